The van der Waals surface area contributed by atoms with Gasteiger partial charge in [0.1, 0.15) is 5.75 Å². The molecule has 0 bridgehead atoms. The number of carbonyl (C=O) groups is 1. The molecular formula is C22H25NO3. The molecule has 2 aromatic carbocycles. The van der Waals surface area contributed by atoms with E-state index < -0.39 is 11.1 Å². The number of likely N-dealkylation sites (tertiary alicyclic amines) is 1. The van der Waals surface area contributed by atoms with Crippen LogP contribution in [-0.4, -0.2) is 35.8 Å². The maximum atomic E-state index is 12.6. The highest BCUT2D eigenvalue weighted by molar-refractivity contribution is 5.83. The molecule has 4 rings (SSSR count). The quantitative estimate of drug-likeness (QED) is 0.921. The monoisotopic (exact) mass is 351 g/mol. The second kappa shape index (κ2) is 6.13. The molecule has 1 aliphatic carbocycles. The van der Waals surface area contributed by atoms with E-state index in [0.717, 1.165) is 36.1 Å². The Balaban J connectivity index is 1.71. The Morgan fingerprint density at radius 3 is 2.50 bits per heavy atom. The molecule has 1 amide bonds. The Kier molecular flexibility index (Phi) is 4.03. The zero-order valence-corrected chi connectivity index (χ0v) is 15.3. The van der Waals surface area contributed by atoms with E-state index in [4.69, 9.17) is 4.74 Å². The molecule has 4 nitrogen and oxygen atoms in total. The summed E-state index contributed by atoms with van der Waals surface area (Å²) in [6.07, 6.45) is 2.84. The zero-order chi connectivity index (χ0) is 18.4. The summed E-state index contributed by atoms with van der Waals surface area (Å²) in [5.74, 6) is 0.856. The van der Waals surface area contributed by atoms with Gasteiger partial charge in [-0.3, -0.25) is 4.79 Å². The average Bonchev–Trinajstić information content (AvgIpc) is 3.06. The smallest absolute Gasteiger partial charge is 0.225 e. The van der Waals surface area contributed by atoms with Crippen LogP contribution in [0.3, 0.4) is 0 Å². The highest BCUT2D eigenvalue weighted by Crippen LogP contribution is 2.59. The summed E-state index contributed by atoms with van der Waals surface area (Å²) in [5, 5.41) is 11.9. The minimum absolute atomic E-state index is 0.00699. The molecule has 4 heteroatoms. The van der Waals surface area contributed by atoms with Crippen LogP contribution in [-0.2, 0) is 16.6 Å². The average molecular weight is 351 g/mol. The molecule has 1 aliphatic heterocycles. The maximum absolute atomic E-state index is 12.6. The molecule has 0 radical (unpaired) electrons. The van der Waals surface area contributed by atoms with Crippen LogP contribution in [0.15, 0.2) is 54.6 Å². The lowest BCUT2D eigenvalue weighted by Crippen LogP contribution is -2.56. The zero-order valence-electron chi connectivity index (χ0n) is 15.3. The van der Waals surface area contributed by atoms with Crippen molar-refractivity contribution in [3.05, 3.63) is 65.7 Å². The lowest BCUT2D eigenvalue weighted by Gasteiger charge is -2.43. The van der Waals surface area contributed by atoms with Crippen molar-refractivity contribution >= 4 is 5.91 Å². The van der Waals surface area contributed by atoms with Crippen molar-refractivity contribution in [1.29, 1.82) is 0 Å². The van der Waals surface area contributed by atoms with E-state index in [1.54, 1.807) is 19.1 Å². The van der Waals surface area contributed by atoms with Crippen LogP contribution in [0.25, 0.3) is 0 Å². The third-order valence-electron chi connectivity index (χ3n) is 6.50. The van der Waals surface area contributed by atoms with Crippen LogP contribution in [0, 0.1) is 5.92 Å². The number of fused-ring (bicyclic) bond motifs is 1. The highest BCUT2D eigenvalue weighted by Gasteiger charge is 2.68. The van der Waals surface area contributed by atoms with E-state index in [-0.39, 0.29) is 11.8 Å². The molecule has 0 unspecified atom stereocenters. The molecule has 2 aromatic rings. The summed E-state index contributed by atoms with van der Waals surface area (Å²) >= 11 is 0. The van der Waals surface area contributed by atoms with E-state index in [1.165, 1.54) is 0 Å². The Hall–Kier alpha value is -2.33. The molecule has 1 saturated heterocycles. The van der Waals surface area contributed by atoms with Crippen molar-refractivity contribution in [3.8, 4) is 5.75 Å². The van der Waals surface area contributed by atoms with Gasteiger partial charge in [-0.15, -0.1) is 0 Å². The number of rotatable bonds is 4. The molecule has 2 fully saturated rings. The second-order valence-corrected chi connectivity index (χ2v) is 7.59. The lowest BCUT2D eigenvalue weighted by atomic mass is 9.71. The Morgan fingerprint density at radius 2 is 1.85 bits per heavy atom. The number of amides is 1. The van der Waals surface area contributed by atoms with Gasteiger partial charge < -0.3 is 14.7 Å². The van der Waals surface area contributed by atoms with Crippen LogP contribution in [0.5, 0.6) is 5.75 Å². The molecule has 2 aliphatic rings. The summed E-state index contributed by atoms with van der Waals surface area (Å²) in [6, 6.07) is 18.0. The number of hydrogen-bond acceptors (Lipinski definition) is 3. The molecule has 136 valence electrons. The van der Waals surface area contributed by atoms with Crippen LogP contribution in [0.1, 0.15) is 30.4 Å². The number of ether oxygens (including phenoxy) is 1. The fraction of sp³-hybridized carbons (Fsp3) is 0.409. The van der Waals surface area contributed by atoms with Crippen molar-refractivity contribution in [2.75, 3.05) is 14.2 Å². The van der Waals surface area contributed by atoms with Crippen molar-refractivity contribution in [2.24, 2.45) is 5.92 Å². The first-order chi connectivity index (χ1) is 12.5. The fourth-order valence-electron chi connectivity index (χ4n) is 5.08. The molecule has 3 atom stereocenters. The normalized spacial score (nSPS) is 30.5. The number of likely N-dealkylation sites (N-methyl/N-ethyl adjacent to an activating group) is 1. The largest absolute Gasteiger partial charge is 0.497 e. The Morgan fingerprint density at radius 1 is 1.15 bits per heavy atom. The van der Waals surface area contributed by atoms with Crippen molar-refractivity contribution < 1.29 is 14.6 Å². The summed E-state index contributed by atoms with van der Waals surface area (Å²) < 4.78 is 5.23. The van der Waals surface area contributed by atoms with E-state index in [1.807, 2.05) is 54.6 Å². The van der Waals surface area contributed by atoms with E-state index >= 15 is 0 Å². The number of nitrogens with zero attached hydrogens (tertiary/aromatic N) is 1. The van der Waals surface area contributed by atoms with Gasteiger partial charge in [0.2, 0.25) is 5.91 Å². The van der Waals surface area contributed by atoms with Crippen molar-refractivity contribution in [1.82, 2.24) is 4.90 Å². The van der Waals surface area contributed by atoms with Crippen LogP contribution >= 0.6 is 0 Å². The summed E-state index contributed by atoms with van der Waals surface area (Å²) in [5.41, 5.74) is 0.557. The third-order valence-corrected chi connectivity index (χ3v) is 6.50. The predicted molar refractivity (Wildman–Crippen MR) is 99.9 cm³/mol. The minimum Gasteiger partial charge on any atom is -0.497 e. The highest BCUT2D eigenvalue weighted by atomic mass is 16.5. The minimum atomic E-state index is -1.15. The fourth-order valence-corrected chi connectivity index (χ4v) is 5.08. The third kappa shape index (κ3) is 2.28. The Bertz CT molecular complexity index is 804. The number of aliphatic hydroxyl groups is 1. The lowest BCUT2D eigenvalue weighted by molar-refractivity contribution is -0.156. The van der Waals surface area contributed by atoms with Gasteiger partial charge in [0, 0.05) is 19.4 Å². The molecule has 26 heavy (non-hydrogen) atoms. The first-order valence-electron chi connectivity index (χ1n) is 9.19. The van der Waals surface area contributed by atoms with Crippen LogP contribution in [0.4, 0.5) is 0 Å². The SMILES string of the molecule is COc1ccc(C[C@@H]2CC[C@]3(c4ccccc4)CC(=O)N(C)[C@]23O)cc1. The summed E-state index contributed by atoms with van der Waals surface area (Å²) in [4.78, 5) is 14.2. The maximum Gasteiger partial charge on any atom is 0.225 e. The van der Waals surface area contributed by atoms with Gasteiger partial charge in [-0.25, -0.2) is 0 Å². The van der Waals surface area contributed by atoms with E-state index in [9.17, 15) is 9.90 Å². The number of carbonyl (C=O) groups excluding carboxylic acids is 1. The summed E-state index contributed by atoms with van der Waals surface area (Å²) in [6.45, 7) is 0. The van der Waals surface area contributed by atoms with Crippen LogP contribution in [0.2, 0.25) is 0 Å². The standard InChI is InChI=1S/C22H25NO3/c1-23-20(24)15-21(17-6-4-3-5-7-17)13-12-18(22(21,23)25)14-16-8-10-19(26-2)11-9-16/h3-11,18,25H,12-15H2,1-2H3/t18-,21+,22-/m0/s1. The van der Waals surface area contributed by atoms with Gasteiger partial charge in [0.25, 0.3) is 0 Å². The first-order valence-corrected chi connectivity index (χ1v) is 9.19. The molecule has 1 saturated carbocycles. The Labute approximate surface area is 154 Å². The predicted octanol–water partition coefficient (Wildman–Crippen LogP) is 3.14. The number of hydrogen-bond donors (Lipinski definition) is 1. The molecule has 1 heterocycles. The van der Waals surface area contributed by atoms with Gasteiger partial charge in [0.15, 0.2) is 5.72 Å². The topological polar surface area (TPSA) is 49.8 Å². The first kappa shape index (κ1) is 17.1. The van der Waals surface area contributed by atoms with Gasteiger partial charge >= 0.3 is 0 Å². The van der Waals surface area contributed by atoms with Gasteiger partial charge in [-0.2, -0.15) is 0 Å². The summed E-state index contributed by atoms with van der Waals surface area (Å²) in [7, 11) is 3.40. The van der Waals surface area contributed by atoms with Gasteiger partial charge in [-0.05, 0) is 42.5 Å². The van der Waals surface area contributed by atoms with Crippen molar-refractivity contribution in [2.45, 2.75) is 36.8 Å². The second-order valence-electron chi connectivity index (χ2n) is 7.59. The molecule has 0 aromatic heterocycles. The van der Waals surface area contributed by atoms with E-state index in [0.29, 0.717) is 6.42 Å². The molecule has 1 N–H and O–H groups in total. The van der Waals surface area contributed by atoms with Gasteiger partial charge in [0.05, 0.1) is 12.5 Å². The van der Waals surface area contributed by atoms with Crippen molar-refractivity contribution in [3.63, 3.8) is 0 Å². The molecular weight excluding hydrogens is 326 g/mol. The number of benzene rings is 2. The molecule has 0 spiro atoms. The van der Waals surface area contributed by atoms with E-state index in [2.05, 4.69) is 0 Å². The van der Waals surface area contributed by atoms with Crippen LogP contribution < -0.4 is 4.74 Å². The number of methoxy groups -OCH3 is 1. The van der Waals surface area contributed by atoms with Gasteiger partial charge in [-0.1, -0.05) is 42.5 Å².